The van der Waals surface area contributed by atoms with Gasteiger partial charge in [-0.25, -0.2) is 5.43 Å². The molecule has 10 heteroatoms. The van der Waals surface area contributed by atoms with Gasteiger partial charge in [0.15, 0.2) is 0 Å². The Bertz CT molecular complexity index is 1140. The molecule has 3 rings (SSSR count). The molecule has 0 heterocycles. The summed E-state index contributed by atoms with van der Waals surface area (Å²) in [5.74, 6) is -0.113. The molecule has 0 atom stereocenters. The molecule has 1 amide bonds. The van der Waals surface area contributed by atoms with Gasteiger partial charge in [0, 0.05) is 29.3 Å². The van der Waals surface area contributed by atoms with Crippen molar-refractivity contribution in [3.8, 4) is 5.75 Å². The summed E-state index contributed by atoms with van der Waals surface area (Å²) in [5.41, 5.74) is 3.36. The molecule has 0 aliphatic rings. The molecular formula is C21H16N4O6. The van der Waals surface area contributed by atoms with Crippen LogP contribution in [0.25, 0.3) is 0 Å². The number of carbonyl (C=O) groups excluding carboxylic acids is 1. The van der Waals surface area contributed by atoms with Gasteiger partial charge < -0.3 is 4.74 Å². The molecule has 156 valence electrons. The molecule has 31 heavy (non-hydrogen) atoms. The highest BCUT2D eigenvalue weighted by Gasteiger charge is 2.13. The lowest BCUT2D eigenvalue weighted by atomic mass is 10.2. The number of hydrazone groups is 1. The number of non-ortho nitro benzene ring substituents is 1. The van der Waals surface area contributed by atoms with E-state index in [1.165, 1.54) is 36.5 Å². The zero-order valence-corrected chi connectivity index (χ0v) is 16.0. The Morgan fingerprint density at radius 2 is 1.61 bits per heavy atom. The van der Waals surface area contributed by atoms with Gasteiger partial charge >= 0.3 is 0 Å². The molecule has 0 radical (unpaired) electrons. The minimum Gasteiger partial charge on any atom is -0.488 e. The smallest absolute Gasteiger partial charge is 0.276 e. The summed E-state index contributed by atoms with van der Waals surface area (Å²) >= 11 is 0. The highest BCUT2D eigenvalue weighted by molar-refractivity contribution is 5.95. The molecule has 3 aromatic carbocycles. The lowest BCUT2D eigenvalue weighted by Crippen LogP contribution is -2.17. The van der Waals surface area contributed by atoms with Gasteiger partial charge in [-0.1, -0.05) is 24.3 Å². The maximum atomic E-state index is 12.1. The van der Waals surface area contributed by atoms with Crippen LogP contribution >= 0.6 is 0 Å². The van der Waals surface area contributed by atoms with Crippen LogP contribution in [0.3, 0.4) is 0 Å². The first kappa shape index (κ1) is 21.1. The summed E-state index contributed by atoms with van der Waals surface area (Å²) in [4.78, 5) is 32.9. The molecule has 3 aromatic rings. The van der Waals surface area contributed by atoms with Crippen molar-refractivity contribution in [2.75, 3.05) is 0 Å². The lowest BCUT2D eigenvalue weighted by molar-refractivity contribution is -0.385. The van der Waals surface area contributed by atoms with Crippen LogP contribution in [0.4, 0.5) is 11.4 Å². The van der Waals surface area contributed by atoms with E-state index < -0.39 is 15.8 Å². The summed E-state index contributed by atoms with van der Waals surface area (Å²) < 4.78 is 5.72. The number of nitro groups is 2. The predicted octanol–water partition coefficient (Wildman–Crippen LogP) is 3.85. The van der Waals surface area contributed by atoms with Crippen molar-refractivity contribution >= 4 is 23.5 Å². The highest BCUT2D eigenvalue weighted by Crippen LogP contribution is 2.22. The summed E-state index contributed by atoms with van der Waals surface area (Å²) in [5, 5.41) is 25.7. The molecule has 0 saturated carbocycles. The highest BCUT2D eigenvalue weighted by atomic mass is 16.6. The molecular weight excluding hydrogens is 404 g/mol. The van der Waals surface area contributed by atoms with Gasteiger partial charge in [0.05, 0.1) is 21.6 Å². The van der Waals surface area contributed by atoms with Crippen LogP contribution in [-0.4, -0.2) is 22.0 Å². The Hall–Kier alpha value is -4.60. The number of para-hydroxylation sites is 2. The largest absolute Gasteiger partial charge is 0.488 e. The lowest BCUT2D eigenvalue weighted by Gasteiger charge is -2.09. The van der Waals surface area contributed by atoms with Crippen LogP contribution < -0.4 is 10.2 Å². The second-order valence-electron chi connectivity index (χ2n) is 6.22. The van der Waals surface area contributed by atoms with E-state index in [1.807, 2.05) is 0 Å². The number of ether oxygens (including phenoxy) is 1. The summed E-state index contributed by atoms with van der Waals surface area (Å²) in [6, 6.07) is 18.2. The van der Waals surface area contributed by atoms with Crippen LogP contribution in [0.2, 0.25) is 0 Å². The average Bonchev–Trinajstić information content (AvgIpc) is 2.78. The number of hydrogen-bond acceptors (Lipinski definition) is 7. The molecule has 0 spiro atoms. The van der Waals surface area contributed by atoms with Gasteiger partial charge in [-0.2, -0.15) is 5.10 Å². The van der Waals surface area contributed by atoms with Crippen LogP contribution in [0.1, 0.15) is 21.5 Å². The van der Waals surface area contributed by atoms with Crippen molar-refractivity contribution in [2.45, 2.75) is 6.61 Å². The van der Waals surface area contributed by atoms with Crippen LogP contribution in [0.5, 0.6) is 5.75 Å². The number of nitro benzene ring substituents is 2. The number of nitrogens with one attached hydrogen (secondary N) is 1. The molecule has 10 nitrogen and oxygen atoms in total. The van der Waals surface area contributed by atoms with Crippen molar-refractivity contribution in [1.29, 1.82) is 0 Å². The normalized spacial score (nSPS) is 10.6. The van der Waals surface area contributed by atoms with E-state index in [2.05, 4.69) is 10.5 Å². The first-order valence-electron chi connectivity index (χ1n) is 8.97. The Morgan fingerprint density at radius 1 is 0.935 bits per heavy atom. The van der Waals surface area contributed by atoms with Crippen LogP contribution in [-0.2, 0) is 6.61 Å². The number of benzene rings is 3. The van der Waals surface area contributed by atoms with Crippen molar-refractivity contribution in [3.05, 3.63) is 110 Å². The third kappa shape index (κ3) is 5.48. The Kier molecular flexibility index (Phi) is 6.64. The van der Waals surface area contributed by atoms with E-state index in [4.69, 9.17) is 4.74 Å². The second-order valence-corrected chi connectivity index (χ2v) is 6.22. The minimum atomic E-state index is -0.555. The standard InChI is InChI=1S/C21H16N4O6/c26-21(15-9-11-18(12-10-15)24(27)28)23-22-13-16-5-2-4-8-20(16)31-14-17-6-1-3-7-19(17)25(29)30/h1-13H,14H2,(H,23,26)/b22-13-. The van der Waals surface area contributed by atoms with E-state index in [0.717, 1.165) is 0 Å². The van der Waals surface area contributed by atoms with Gasteiger partial charge in [0.25, 0.3) is 17.3 Å². The van der Waals surface area contributed by atoms with Crippen LogP contribution in [0.15, 0.2) is 77.9 Å². The summed E-state index contributed by atoms with van der Waals surface area (Å²) in [6.45, 7) is -0.0167. The van der Waals surface area contributed by atoms with E-state index in [0.29, 0.717) is 16.9 Å². The molecule has 1 N–H and O–H groups in total. The molecule has 0 unspecified atom stereocenters. The van der Waals surface area contributed by atoms with E-state index in [1.54, 1.807) is 42.5 Å². The molecule has 0 saturated heterocycles. The van der Waals surface area contributed by atoms with Gasteiger partial charge in [-0.05, 0) is 30.3 Å². The Labute approximate surface area is 176 Å². The van der Waals surface area contributed by atoms with Gasteiger partial charge in [-0.3, -0.25) is 25.0 Å². The average molecular weight is 420 g/mol. The number of hydrogen-bond donors (Lipinski definition) is 1. The van der Waals surface area contributed by atoms with Gasteiger partial charge in [-0.15, -0.1) is 0 Å². The van der Waals surface area contributed by atoms with Gasteiger partial charge in [0.1, 0.15) is 12.4 Å². The molecule has 0 aliphatic heterocycles. The van der Waals surface area contributed by atoms with Crippen molar-refractivity contribution in [1.82, 2.24) is 5.43 Å². The zero-order valence-electron chi connectivity index (χ0n) is 16.0. The molecule has 0 bridgehead atoms. The van der Waals surface area contributed by atoms with Gasteiger partial charge in [0.2, 0.25) is 0 Å². The first-order chi connectivity index (χ1) is 15.0. The second kappa shape index (κ2) is 9.74. The molecule has 0 fully saturated rings. The quantitative estimate of drug-likeness (QED) is 0.334. The minimum absolute atomic E-state index is 0.0167. The number of rotatable bonds is 8. The predicted molar refractivity (Wildman–Crippen MR) is 112 cm³/mol. The third-order valence-electron chi connectivity index (χ3n) is 4.20. The molecule has 0 aliphatic carbocycles. The number of carbonyl (C=O) groups is 1. The van der Waals surface area contributed by atoms with Crippen molar-refractivity contribution in [2.24, 2.45) is 5.10 Å². The SMILES string of the molecule is O=C(N/N=C\c1ccccc1OCc1ccccc1[N+](=O)[O-])c1ccc([N+](=O)[O-])cc1. The van der Waals surface area contributed by atoms with E-state index >= 15 is 0 Å². The monoisotopic (exact) mass is 420 g/mol. The molecule has 0 aromatic heterocycles. The topological polar surface area (TPSA) is 137 Å². The van der Waals surface area contributed by atoms with Crippen LogP contribution in [0, 0.1) is 20.2 Å². The first-order valence-corrected chi connectivity index (χ1v) is 8.97. The maximum absolute atomic E-state index is 12.1. The third-order valence-corrected chi connectivity index (χ3v) is 4.20. The zero-order chi connectivity index (χ0) is 22.2. The summed E-state index contributed by atoms with van der Waals surface area (Å²) in [6.07, 6.45) is 1.37. The van der Waals surface area contributed by atoms with E-state index in [9.17, 15) is 25.0 Å². The fraction of sp³-hybridized carbons (Fsp3) is 0.0476. The Morgan fingerprint density at radius 3 is 2.32 bits per heavy atom. The Balaban J connectivity index is 1.66. The van der Waals surface area contributed by atoms with Crippen molar-refractivity contribution < 1.29 is 19.4 Å². The fourth-order valence-electron chi connectivity index (χ4n) is 2.64. The van der Waals surface area contributed by atoms with E-state index in [-0.39, 0.29) is 23.5 Å². The number of amides is 1. The van der Waals surface area contributed by atoms with Crippen molar-refractivity contribution in [3.63, 3.8) is 0 Å². The maximum Gasteiger partial charge on any atom is 0.276 e. The summed E-state index contributed by atoms with van der Waals surface area (Å²) in [7, 11) is 0. The fourth-order valence-corrected chi connectivity index (χ4v) is 2.64. The number of nitrogens with zero attached hydrogens (tertiary/aromatic N) is 3.